The summed E-state index contributed by atoms with van der Waals surface area (Å²) in [5, 5.41) is 2.42. The number of hydrogen-bond donors (Lipinski definition) is 1. The Labute approximate surface area is 103 Å². The van der Waals surface area contributed by atoms with Gasteiger partial charge in [0.1, 0.15) is 0 Å². The van der Waals surface area contributed by atoms with E-state index in [-0.39, 0.29) is 6.04 Å². The normalized spacial score (nSPS) is 12.8. The van der Waals surface area contributed by atoms with Crippen LogP contribution in [0, 0.1) is 0 Å². The zero-order valence-electron chi connectivity index (χ0n) is 10.4. The van der Waals surface area contributed by atoms with E-state index in [0.29, 0.717) is 0 Å². The Morgan fingerprint density at radius 3 is 2.82 bits per heavy atom. The molecule has 1 aromatic carbocycles. The van der Waals surface area contributed by atoms with Gasteiger partial charge in [-0.3, -0.25) is 4.98 Å². The van der Waals surface area contributed by atoms with Crippen molar-refractivity contribution in [1.29, 1.82) is 0 Å². The average molecular weight is 228 g/mol. The first-order valence-corrected chi connectivity index (χ1v) is 6.41. The van der Waals surface area contributed by atoms with E-state index >= 15 is 0 Å². The summed E-state index contributed by atoms with van der Waals surface area (Å²) in [7, 11) is 0. The smallest absolute Gasteiger partial charge is 0.0346 e. The van der Waals surface area contributed by atoms with Crippen LogP contribution in [0.1, 0.15) is 44.2 Å². The second kappa shape index (κ2) is 5.78. The number of unbranched alkanes of at least 4 members (excludes halogenated alkanes) is 2. The van der Waals surface area contributed by atoms with Gasteiger partial charge in [0, 0.05) is 23.8 Å². The zero-order chi connectivity index (χ0) is 12.1. The molecule has 17 heavy (non-hydrogen) atoms. The molecule has 0 aliphatic carbocycles. The molecule has 2 rings (SSSR count). The van der Waals surface area contributed by atoms with Crippen LogP contribution < -0.4 is 5.73 Å². The summed E-state index contributed by atoms with van der Waals surface area (Å²) in [5.41, 5.74) is 7.44. The van der Waals surface area contributed by atoms with Crippen molar-refractivity contribution in [3.63, 3.8) is 0 Å². The lowest BCUT2D eigenvalue weighted by Gasteiger charge is -2.13. The maximum absolute atomic E-state index is 6.26. The molecule has 2 heteroatoms. The van der Waals surface area contributed by atoms with Crippen molar-refractivity contribution in [2.24, 2.45) is 5.73 Å². The van der Waals surface area contributed by atoms with Crippen LogP contribution in [0.3, 0.4) is 0 Å². The van der Waals surface area contributed by atoms with Crippen molar-refractivity contribution in [2.45, 2.75) is 38.6 Å². The van der Waals surface area contributed by atoms with E-state index in [2.05, 4.69) is 30.1 Å². The van der Waals surface area contributed by atoms with E-state index in [1.807, 2.05) is 18.5 Å². The summed E-state index contributed by atoms with van der Waals surface area (Å²) in [6.07, 6.45) is 8.55. The first-order chi connectivity index (χ1) is 8.33. The van der Waals surface area contributed by atoms with Gasteiger partial charge in [0.25, 0.3) is 0 Å². The maximum atomic E-state index is 6.26. The van der Waals surface area contributed by atoms with Crippen molar-refractivity contribution in [1.82, 2.24) is 4.98 Å². The molecule has 1 atom stereocenters. The van der Waals surface area contributed by atoms with Crippen LogP contribution in [0.25, 0.3) is 10.8 Å². The highest BCUT2D eigenvalue weighted by atomic mass is 14.7. The molecule has 1 unspecified atom stereocenters. The topological polar surface area (TPSA) is 38.9 Å². The van der Waals surface area contributed by atoms with Crippen molar-refractivity contribution in [2.75, 3.05) is 0 Å². The van der Waals surface area contributed by atoms with Crippen molar-refractivity contribution >= 4 is 10.8 Å². The Morgan fingerprint density at radius 2 is 2.00 bits per heavy atom. The molecule has 0 saturated carbocycles. The minimum Gasteiger partial charge on any atom is -0.324 e. The fourth-order valence-corrected chi connectivity index (χ4v) is 2.21. The average Bonchev–Trinajstić information content (AvgIpc) is 2.38. The third-order valence-corrected chi connectivity index (χ3v) is 3.22. The second-order valence-corrected chi connectivity index (χ2v) is 4.55. The van der Waals surface area contributed by atoms with Gasteiger partial charge in [0.2, 0.25) is 0 Å². The first kappa shape index (κ1) is 12.1. The number of nitrogens with two attached hydrogens (primary N) is 1. The van der Waals surface area contributed by atoms with Gasteiger partial charge in [-0.1, -0.05) is 50.5 Å². The first-order valence-electron chi connectivity index (χ1n) is 6.41. The lowest BCUT2D eigenvalue weighted by molar-refractivity contribution is 0.583. The number of nitrogens with zero attached hydrogens (tertiary/aromatic N) is 1. The molecule has 0 radical (unpaired) electrons. The molecule has 0 saturated heterocycles. The van der Waals surface area contributed by atoms with Crippen LogP contribution in [0.15, 0.2) is 36.7 Å². The van der Waals surface area contributed by atoms with Crippen LogP contribution in [0.4, 0.5) is 0 Å². The quantitative estimate of drug-likeness (QED) is 0.790. The lowest BCUT2D eigenvalue weighted by atomic mass is 9.98. The Morgan fingerprint density at radius 1 is 1.18 bits per heavy atom. The minimum absolute atomic E-state index is 0.111. The largest absolute Gasteiger partial charge is 0.324 e. The van der Waals surface area contributed by atoms with Crippen LogP contribution in [-0.2, 0) is 0 Å². The molecule has 1 heterocycles. The molecule has 2 aromatic rings. The number of aromatic nitrogens is 1. The van der Waals surface area contributed by atoms with Gasteiger partial charge in [-0.2, -0.15) is 0 Å². The molecule has 0 bridgehead atoms. The van der Waals surface area contributed by atoms with Gasteiger partial charge < -0.3 is 5.73 Å². The van der Waals surface area contributed by atoms with Crippen LogP contribution in [-0.4, -0.2) is 4.98 Å². The van der Waals surface area contributed by atoms with Gasteiger partial charge in [-0.05, 0) is 17.4 Å². The summed E-state index contributed by atoms with van der Waals surface area (Å²) < 4.78 is 0. The van der Waals surface area contributed by atoms with E-state index in [9.17, 15) is 0 Å². The highest BCUT2D eigenvalue weighted by Crippen LogP contribution is 2.24. The molecule has 0 aliphatic heterocycles. The van der Waals surface area contributed by atoms with Crippen molar-refractivity contribution < 1.29 is 0 Å². The van der Waals surface area contributed by atoms with Crippen molar-refractivity contribution in [3.8, 4) is 0 Å². The number of pyridine rings is 1. The maximum Gasteiger partial charge on any atom is 0.0346 e. The Kier molecular flexibility index (Phi) is 4.10. The van der Waals surface area contributed by atoms with Crippen molar-refractivity contribution in [3.05, 3.63) is 42.2 Å². The SMILES string of the molecule is CCCCCC(N)c1cncc2ccccc12. The standard InChI is InChI=1S/C15H20N2/c1-2-3-4-9-15(16)14-11-17-10-12-7-5-6-8-13(12)14/h5-8,10-11,15H,2-4,9,16H2,1H3. The molecule has 1 aromatic heterocycles. The lowest BCUT2D eigenvalue weighted by Crippen LogP contribution is -2.11. The van der Waals surface area contributed by atoms with Gasteiger partial charge in [0.05, 0.1) is 0 Å². The van der Waals surface area contributed by atoms with Gasteiger partial charge >= 0.3 is 0 Å². The highest BCUT2D eigenvalue weighted by molar-refractivity contribution is 5.84. The van der Waals surface area contributed by atoms with Crippen LogP contribution >= 0.6 is 0 Å². The molecule has 0 fully saturated rings. The third kappa shape index (κ3) is 2.83. The monoisotopic (exact) mass is 228 g/mol. The molecule has 2 nitrogen and oxygen atoms in total. The fourth-order valence-electron chi connectivity index (χ4n) is 2.21. The molecule has 0 spiro atoms. The summed E-state index contributed by atoms with van der Waals surface area (Å²) >= 11 is 0. The Balaban J connectivity index is 2.22. The third-order valence-electron chi connectivity index (χ3n) is 3.22. The van der Waals surface area contributed by atoms with E-state index < -0.39 is 0 Å². The summed E-state index contributed by atoms with van der Waals surface area (Å²) in [6.45, 7) is 2.21. The molecule has 2 N–H and O–H groups in total. The molecule has 90 valence electrons. The van der Waals surface area contributed by atoms with Gasteiger partial charge in [-0.25, -0.2) is 0 Å². The van der Waals surface area contributed by atoms with Crippen LogP contribution in [0.2, 0.25) is 0 Å². The van der Waals surface area contributed by atoms with E-state index in [1.165, 1.54) is 35.6 Å². The molecular formula is C15H20N2. The number of hydrogen-bond acceptors (Lipinski definition) is 2. The van der Waals surface area contributed by atoms with E-state index in [0.717, 1.165) is 6.42 Å². The summed E-state index contributed by atoms with van der Waals surface area (Å²) in [4.78, 5) is 4.28. The zero-order valence-corrected chi connectivity index (χ0v) is 10.4. The summed E-state index contributed by atoms with van der Waals surface area (Å²) in [5.74, 6) is 0. The number of benzene rings is 1. The number of fused-ring (bicyclic) bond motifs is 1. The Bertz CT molecular complexity index is 474. The molecule has 0 amide bonds. The molecular weight excluding hydrogens is 208 g/mol. The predicted molar refractivity (Wildman–Crippen MR) is 72.8 cm³/mol. The number of rotatable bonds is 5. The highest BCUT2D eigenvalue weighted by Gasteiger charge is 2.09. The van der Waals surface area contributed by atoms with Gasteiger partial charge in [-0.15, -0.1) is 0 Å². The fraction of sp³-hybridized carbons (Fsp3) is 0.400. The predicted octanol–water partition coefficient (Wildman–Crippen LogP) is 3.81. The Hall–Kier alpha value is -1.41. The van der Waals surface area contributed by atoms with E-state index in [1.54, 1.807) is 0 Å². The van der Waals surface area contributed by atoms with Crippen LogP contribution in [0.5, 0.6) is 0 Å². The second-order valence-electron chi connectivity index (χ2n) is 4.55. The van der Waals surface area contributed by atoms with E-state index in [4.69, 9.17) is 5.73 Å². The van der Waals surface area contributed by atoms with Gasteiger partial charge in [0.15, 0.2) is 0 Å². The minimum atomic E-state index is 0.111. The summed E-state index contributed by atoms with van der Waals surface area (Å²) in [6, 6.07) is 8.43. The molecule has 0 aliphatic rings.